The molecule has 84 valence electrons. The SMILES string of the molecule is CCc1ccc(Cn2cnnc2CO)cc1. The lowest BCUT2D eigenvalue weighted by Gasteiger charge is -2.05. The zero-order valence-electron chi connectivity index (χ0n) is 9.30. The first kappa shape index (κ1) is 10.8. The summed E-state index contributed by atoms with van der Waals surface area (Å²) in [6, 6.07) is 8.44. The highest BCUT2D eigenvalue weighted by molar-refractivity contribution is 5.22. The van der Waals surface area contributed by atoms with E-state index in [1.807, 2.05) is 4.57 Å². The Labute approximate surface area is 94.6 Å². The molecule has 16 heavy (non-hydrogen) atoms. The Kier molecular flexibility index (Phi) is 3.31. The van der Waals surface area contributed by atoms with Crippen LogP contribution >= 0.6 is 0 Å². The fourth-order valence-electron chi connectivity index (χ4n) is 1.61. The molecule has 0 aliphatic carbocycles. The van der Waals surface area contributed by atoms with Gasteiger partial charge in [-0.25, -0.2) is 0 Å². The summed E-state index contributed by atoms with van der Waals surface area (Å²) in [6.07, 6.45) is 2.69. The zero-order chi connectivity index (χ0) is 11.4. The van der Waals surface area contributed by atoms with Gasteiger partial charge in [0.05, 0.1) is 6.54 Å². The molecule has 1 N–H and O–H groups in total. The van der Waals surface area contributed by atoms with Crippen molar-refractivity contribution >= 4 is 0 Å². The first-order valence-electron chi connectivity index (χ1n) is 5.39. The highest BCUT2D eigenvalue weighted by Crippen LogP contribution is 2.07. The largest absolute Gasteiger partial charge is 0.388 e. The van der Waals surface area contributed by atoms with Crippen LogP contribution in [-0.4, -0.2) is 19.9 Å². The van der Waals surface area contributed by atoms with E-state index in [2.05, 4.69) is 41.4 Å². The van der Waals surface area contributed by atoms with E-state index in [0.29, 0.717) is 12.4 Å². The van der Waals surface area contributed by atoms with Crippen LogP contribution in [0.3, 0.4) is 0 Å². The smallest absolute Gasteiger partial charge is 0.158 e. The summed E-state index contributed by atoms with van der Waals surface area (Å²) in [4.78, 5) is 0. The quantitative estimate of drug-likeness (QED) is 0.841. The third kappa shape index (κ3) is 2.28. The number of aromatic nitrogens is 3. The molecule has 0 radical (unpaired) electrons. The van der Waals surface area contributed by atoms with Gasteiger partial charge in [-0.15, -0.1) is 10.2 Å². The summed E-state index contributed by atoms with van der Waals surface area (Å²) in [5, 5.41) is 16.6. The predicted molar refractivity (Wildman–Crippen MR) is 60.9 cm³/mol. The Bertz CT molecular complexity index is 448. The predicted octanol–water partition coefficient (Wildman–Crippen LogP) is 1.38. The minimum absolute atomic E-state index is 0.0763. The summed E-state index contributed by atoms with van der Waals surface area (Å²) in [6.45, 7) is 2.76. The summed E-state index contributed by atoms with van der Waals surface area (Å²) in [5.74, 6) is 0.597. The number of hydrogen-bond acceptors (Lipinski definition) is 3. The van der Waals surface area contributed by atoms with Crippen LogP contribution in [0, 0.1) is 0 Å². The van der Waals surface area contributed by atoms with Gasteiger partial charge in [-0.05, 0) is 17.5 Å². The van der Waals surface area contributed by atoms with Gasteiger partial charge in [-0.3, -0.25) is 0 Å². The number of aliphatic hydroxyl groups is 1. The molecule has 2 rings (SSSR count). The number of nitrogens with zero attached hydrogens (tertiary/aromatic N) is 3. The second-order valence-electron chi connectivity index (χ2n) is 3.70. The molecule has 1 aromatic carbocycles. The molecule has 2 aromatic rings. The molecule has 0 unspecified atom stereocenters. The van der Waals surface area contributed by atoms with Crippen LogP contribution in [0.2, 0.25) is 0 Å². The normalized spacial score (nSPS) is 10.6. The second-order valence-corrected chi connectivity index (χ2v) is 3.70. The van der Waals surface area contributed by atoms with E-state index in [1.54, 1.807) is 6.33 Å². The Morgan fingerprint density at radius 1 is 1.19 bits per heavy atom. The van der Waals surface area contributed by atoms with Crippen molar-refractivity contribution in [3.8, 4) is 0 Å². The summed E-state index contributed by atoms with van der Waals surface area (Å²) < 4.78 is 1.85. The van der Waals surface area contributed by atoms with Gasteiger partial charge in [-0.1, -0.05) is 31.2 Å². The van der Waals surface area contributed by atoms with Gasteiger partial charge >= 0.3 is 0 Å². The van der Waals surface area contributed by atoms with Crippen molar-refractivity contribution in [3.05, 3.63) is 47.5 Å². The molecule has 1 heterocycles. The molecular weight excluding hydrogens is 202 g/mol. The lowest BCUT2D eigenvalue weighted by Crippen LogP contribution is -2.04. The maximum Gasteiger partial charge on any atom is 0.158 e. The zero-order valence-corrected chi connectivity index (χ0v) is 9.30. The minimum atomic E-state index is -0.0763. The fourth-order valence-corrected chi connectivity index (χ4v) is 1.61. The number of aryl methyl sites for hydroxylation is 1. The second kappa shape index (κ2) is 4.90. The Balaban J connectivity index is 2.14. The van der Waals surface area contributed by atoms with E-state index in [0.717, 1.165) is 6.42 Å². The maximum absolute atomic E-state index is 9.04. The monoisotopic (exact) mass is 217 g/mol. The molecule has 0 fully saturated rings. The van der Waals surface area contributed by atoms with Crippen LogP contribution in [0.4, 0.5) is 0 Å². The van der Waals surface area contributed by atoms with Gasteiger partial charge in [0.15, 0.2) is 5.82 Å². The number of aliphatic hydroxyl groups excluding tert-OH is 1. The lowest BCUT2D eigenvalue weighted by atomic mass is 10.1. The van der Waals surface area contributed by atoms with Crippen molar-refractivity contribution in [2.75, 3.05) is 0 Å². The van der Waals surface area contributed by atoms with Crippen LogP contribution in [0.1, 0.15) is 23.9 Å². The first-order valence-corrected chi connectivity index (χ1v) is 5.39. The van der Waals surface area contributed by atoms with Crippen molar-refractivity contribution in [3.63, 3.8) is 0 Å². The Morgan fingerprint density at radius 3 is 2.50 bits per heavy atom. The molecule has 0 amide bonds. The molecule has 0 bridgehead atoms. The minimum Gasteiger partial charge on any atom is -0.388 e. The van der Waals surface area contributed by atoms with Gasteiger partial charge < -0.3 is 9.67 Å². The summed E-state index contributed by atoms with van der Waals surface area (Å²) in [5.41, 5.74) is 2.52. The van der Waals surface area contributed by atoms with Crippen molar-refractivity contribution in [2.45, 2.75) is 26.5 Å². The van der Waals surface area contributed by atoms with E-state index in [4.69, 9.17) is 5.11 Å². The molecule has 4 nitrogen and oxygen atoms in total. The number of benzene rings is 1. The molecule has 0 aliphatic rings. The highest BCUT2D eigenvalue weighted by Gasteiger charge is 2.02. The number of hydrogen-bond donors (Lipinski definition) is 1. The van der Waals surface area contributed by atoms with E-state index in [-0.39, 0.29) is 6.61 Å². The van der Waals surface area contributed by atoms with Gasteiger partial charge in [0.2, 0.25) is 0 Å². The van der Waals surface area contributed by atoms with Gasteiger partial charge in [0.1, 0.15) is 12.9 Å². The Hall–Kier alpha value is -1.68. The lowest BCUT2D eigenvalue weighted by molar-refractivity contribution is 0.265. The maximum atomic E-state index is 9.04. The van der Waals surface area contributed by atoms with Gasteiger partial charge in [-0.2, -0.15) is 0 Å². The third-order valence-corrected chi connectivity index (χ3v) is 2.62. The van der Waals surface area contributed by atoms with E-state index in [1.165, 1.54) is 11.1 Å². The van der Waals surface area contributed by atoms with E-state index >= 15 is 0 Å². The van der Waals surface area contributed by atoms with Crippen molar-refractivity contribution in [1.29, 1.82) is 0 Å². The van der Waals surface area contributed by atoms with Gasteiger partial charge in [0, 0.05) is 0 Å². The van der Waals surface area contributed by atoms with Crippen LogP contribution in [0.15, 0.2) is 30.6 Å². The molecule has 0 spiro atoms. The number of rotatable bonds is 4. The summed E-state index contributed by atoms with van der Waals surface area (Å²) in [7, 11) is 0. The molecule has 1 aromatic heterocycles. The van der Waals surface area contributed by atoms with Crippen molar-refractivity contribution in [1.82, 2.24) is 14.8 Å². The first-order chi connectivity index (χ1) is 7.83. The molecule has 0 aliphatic heterocycles. The fraction of sp³-hybridized carbons (Fsp3) is 0.333. The van der Waals surface area contributed by atoms with E-state index in [9.17, 15) is 0 Å². The molecule has 0 saturated carbocycles. The standard InChI is InChI=1S/C12H15N3O/c1-2-10-3-5-11(6-4-10)7-15-9-13-14-12(15)8-16/h3-6,9,16H,2,7-8H2,1H3. The van der Waals surface area contributed by atoms with Crippen molar-refractivity contribution in [2.24, 2.45) is 0 Å². The van der Waals surface area contributed by atoms with Crippen LogP contribution in [0.25, 0.3) is 0 Å². The van der Waals surface area contributed by atoms with Crippen LogP contribution in [-0.2, 0) is 19.6 Å². The topological polar surface area (TPSA) is 50.9 Å². The van der Waals surface area contributed by atoms with Crippen LogP contribution in [0.5, 0.6) is 0 Å². The average molecular weight is 217 g/mol. The molecule has 0 saturated heterocycles. The average Bonchev–Trinajstić information content (AvgIpc) is 2.77. The third-order valence-electron chi connectivity index (χ3n) is 2.62. The van der Waals surface area contributed by atoms with E-state index < -0.39 is 0 Å². The Morgan fingerprint density at radius 2 is 1.88 bits per heavy atom. The molecule has 0 atom stereocenters. The molecular formula is C12H15N3O. The summed E-state index contributed by atoms with van der Waals surface area (Å²) >= 11 is 0. The van der Waals surface area contributed by atoms with Gasteiger partial charge in [0.25, 0.3) is 0 Å². The molecule has 4 heteroatoms. The van der Waals surface area contributed by atoms with Crippen molar-refractivity contribution < 1.29 is 5.11 Å². The highest BCUT2D eigenvalue weighted by atomic mass is 16.3. The van der Waals surface area contributed by atoms with Crippen LogP contribution < -0.4 is 0 Å².